The molecule has 1 fully saturated rings. The van der Waals surface area contributed by atoms with Crippen LogP contribution in [0.3, 0.4) is 0 Å². The largest absolute Gasteiger partial charge is 0.466 e. The van der Waals surface area contributed by atoms with Crippen LogP contribution in [0.1, 0.15) is 34.8 Å². The van der Waals surface area contributed by atoms with Crippen LogP contribution in [0.4, 0.5) is 0 Å². The first-order valence-corrected chi connectivity index (χ1v) is 10.3. The summed E-state index contributed by atoms with van der Waals surface area (Å²) in [5.41, 5.74) is 1.25. The van der Waals surface area contributed by atoms with Crippen LogP contribution in [0.25, 0.3) is 0 Å². The van der Waals surface area contributed by atoms with Gasteiger partial charge in [0.25, 0.3) is 0 Å². The second-order valence-electron chi connectivity index (χ2n) is 7.13. The topological polar surface area (TPSA) is 74.6 Å². The van der Waals surface area contributed by atoms with Crippen LogP contribution in [0.15, 0.2) is 28.0 Å². The Kier molecular flexibility index (Phi) is 6.68. The van der Waals surface area contributed by atoms with Gasteiger partial charge in [-0.05, 0) is 63.2 Å². The van der Waals surface area contributed by atoms with Gasteiger partial charge in [-0.15, -0.1) is 11.3 Å². The van der Waals surface area contributed by atoms with E-state index in [2.05, 4.69) is 21.6 Å². The molecule has 3 heterocycles. The molecule has 1 aliphatic rings. The molecular formula is C20H27N3O3S. The predicted molar refractivity (Wildman–Crippen MR) is 105 cm³/mol. The molecule has 2 aromatic rings. The zero-order valence-electron chi connectivity index (χ0n) is 15.9. The van der Waals surface area contributed by atoms with Gasteiger partial charge in [0, 0.05) is 23.5 Å². The fourth-order valence-corrected chi connectivity index (χ4v) is 4.05. The fraction of sp³-hybridized carbons (Fsp3) is 0.500. The van der Waals surface area contributed by atoms with Crippen molar-refractivity contribution < 1.29 is 14.0 Å². The molecule has 0 saturated carbocycles. The predicted octanol–water partition coefficient (Wildman–Crippen LogP) is 2.60. The summed E-state index contributed by atoms with van der Waals surface area (Å²) in [5.74, 6) is 1.26. The first kappa shape index (κ1) is 19.6. The zero-order valence-corrected chi connectivity index (χ0v) is 16.7. The number of nitrogens with zero attached hydrogens (tertiary/aromatic N) is 1. The average Bonchev–Trinajstić information content (AvgIpc) is 3.28. The third kappa shape index (κ3) is 5.68. The molecule has 1 saturated heterocycles. The lowest BCUT2D eigenvalue weighted by Crippen LogP contribution is -2.43. The van der Waals surface area contributed by atoms with E-state index in [1.54, 1.807) is 11.3 Å². The first-order chi connectivity index (χ1) is 13.0. The third-order valence-electron chi connectivity index (χ3n) is 5.01. The molecule has 0 bridgehead atoms. The highest BCUT2D eigenvalue weighted by Crippen LogP contribution is 2.21. The van der Waals surface area contributed by atoms with Crippen LogP contribution in [0, 0.1) is 19.8 Å². The molecule has 7 heteroatoms. The molecule has 0 spiro atoms. The van der Waals surface area contributed by atoms with E-state index in [4.69, 9.17) is 4.42 Å². The van der Waals surface area contributed by atoms with Crippen LogP contribution in [-0.2, 0) is 22.7 Å². The van der Waals surface area contributed by atoms with Gasteiger partial charge in [-0.2, -0.15) is 0 Å². The molecule has 0 aliphatic carbocycles. The van der Waals surface area contributed by atoms with Crippen molar-refractivity contribution >= 4 is 23.2 Å². The fourth-order valence-electron chi connectivity index (χ4n) is 3.41. The number of amides is 2. The van der Waals surface area contributed by atoms with Gasteiger partial charge in [-0.3, -0.25) is 14.5 Å². The molecule has 1 aliphatic heterocycles. The van der Waals surface area contributed by atoms with Crippen LogP contribution in [0.5, 0.6) is 0 Å². The van der Waals surface area contributed by atoms with E-state index in [1.807, 2.05) is 31.4 Å². The summed E-state index contributed by atoms with van der Waals surface area (Å²) >= 11 is 1.56. The Hall–Kier alpha value is -2.12. The van der Waals surface area contributed by atoms with E-state index in [1.165, 1.54) is 5.56 Å². The lowest BCUT2D eigenvalue weighted by molar-refractivity contribution is -0.139. The Morgan fingerprint density at radius 1 is 1.22 bits per heavy atom. The van der Waals surface area contributed by atoms with E-state index in [9.17, 15) is 9.59 Å². The summed E-state index contributed by atoms with van der Waals surface area (Å²) < 4.78 is 5.60. The molecule has 6 nitrogen and oxygen atoms in total. The Morgan fingerprint density at radius 3 is 2.59 bits per heavy atom. The number of thiophene rings is 1. The van der Waals surface area contributed by atoms with Crippen LogP contribution in [0.2, 0.25) is 0 Å². The monoisotopic (exact) mass is 389 g/mol. The minimum Gasteiger partial charge on any atom is -0.466 e. The maximum absolute atomic E-state index is 11.9. The second kappa shape index (κ2) is 9.19. The summed E-state index contributed by atoms with van der Waals surface area (Å²) in [6, 6.07) is 5.97. The average molecular weight is 390 g/mol. The highest BCUT2D eigenvalue weighted by Gasteiger charge is 2.22. The number of nitrogens with one attached hydrogen (secondary N) is 2. The van der Waals surface area contributed by atoms with Crippen molar-refractivity contribution in [1.82, 2.24) is 15.5 Å². The number of hydrogen-bond acceptors (Lipinski definition) is 5. The maximum Gasteiger partial charge on any atom is 0.309 e. The second-order valence-corrected chi connectivity index (χ2v) is 8.16. The van der Waals surface area contributed by atoms with Crippen molar-refractivity contribution in [3.05, 3.63) is 45.5 Å². The SMILES string of the molecule is Cc1cc(CN2CCC(CNC(=O)C(=O)NCc3cccs3)CC2)c(C)o1. The number of likely N-dealkylation sites (tertiary alicyclic amines) is 1. The number of piperidine rings is 1. The smallest absolute Gasteiger partial charge is 0.309 e. The molecule has 2 aromatic heterocycles. The van der Waals surface area contributed by atoms with Crippen molar-refractivity contribution in [2.75, 3.05) is 19.6 Å². The van der Waals surface area contributed by atoms with Gasteiger partial charge in [0.2, 0.25) is 0 Å². The summed E-state index contributed by atoms with van der Waals surface area (Å²) in [6.07, 6.45) is 2.04. The zero-order chi connectivity index (χ0) is 19.2. The Bertz CT molecular complexity index is 762. The van der Waals surface area contributed by atoms with E-state index in [-0.39, 0.29) is 0 Å². The standard InChI is InChI=1S/C20H27N3O3S/c1-14-10-17(15(2)26-14)13-23-7-5-16(6-8-23)11-21-19(24)20(25)22-12-18-4-3-9-27-18/h3-4,9-10,16H,5-8,11-13H2,1-2H3,(H,21,24)(H,22,25). The van der Waals surface area contributed by atoms with Crippen LogP contribution in [-0.4, -0.2) is 36.3 Å². The van der Waals surface area contributed by atoms with E-state index in [0.29, 0.717) is 19.0 Å². The normalized spacial score (nSPS) is 15.6. The number of aryl methyl sites for hydroxylation is 2. The summed E-state index contributed by atoms with van der Waals surface area (Å²) in [6.45, 7) is 7.84. The molecule has 0 aromatic carbocycles. The molecule has 27 heavy (non-hydrogen) atoms. The molecule has 0 radical (unpaired) electrons. The molecule has 0 atom stereocenters. The van der Waals surface area contributed by atoms with Gasteiger partial charge in [0.05, 0.1) is 6.54 Å². The molecule has 3 rings (SSSR count). The van der Waals surface area contributed by atoms with Gasteiger partial charge >= 0.3 is 11.8 Å². The Balaban J connectivity index is 1.34. The lowest BCUT2D eigenvalue weighted by Gasteiger charge is -2.31. The first-order valence-electron chi connectivity index (χ1n) is 9.38. The minimum atomic E-state index is -0.563. The third-order valence-corrected chi connectivity index (χ3v) is 5.88. The van der Waals surface area contributed by atoms with Gasteiger partial charge in [0.15, 0.2) is 0 Å². The van der Waals surface area contributed by atoms with Gasteiger partial charge in [0.1, 0.15) is 11.5 Å². The van der Waals surface area contributed by atoms with Crippen LogP contribution < -0.4 is 10.6 Å². The van der Waals surface area contributed by atoms with Crippen molar-refractivity contribution in [2.24, 2.45) is 5.92 Å². The summed E-state index contributed by atoms with van der Waals surface area (Å²) in [4.78, 5) is 27.3. The molecular weight excluding hydrogens is 362 g/mol. The number of furan rings is 1. The number of hydrogen-bond donors (Lipinski definition) is 2. The Labute approximate surface area is 163 Å². The van der Waals surface area contributed by atoms with Crippen molar-refractivity contribution in [3.63, 3.8) is 0 Å². The van der Waals surface area contributed by atoms with E-state index in [0.717, 1.165) is 48.9 Å². The van der Waals surface area contributed by atoms with Crippen molar-refractivity contribution in [3.8, 4) is 0 Å². The summed E-state index contributed by atoms with van der Waals surface area (Å²) in [5, 5.41) is 7.38. The van der Waals surface area contributed by atoms with Gasteiger partial charge in [-0.25, -0.2) is 0 Å². The maximum atomic E-state index is 11.9. The van der Waals surface area contributed by atoms with Gasteiger partial charge < -0.3 is 15.1 Å². The molecule has 2 N–H and O–H groups in total. The Morgan fingerprint density at radius 2 is 1.96 bits per heavy atom. The quantitative estimate of drug-likeness (QED) is 0.745. The molecule has 2 amide bonds. The highest BCUT2D eigenvalue weighted by molar-refractivity contribution is 7.09. The highest BCUT2D eigenvalue weighted by atomic mass is 32.1. The van der Waals surface area contributed by atoms with E-state index < -0.39 is 11.8 Å². The minimum absolute atomic E-state index is 0.398. The molecule has 146 valence electrons. The number of carbonyl (C=O) groups excluding carboxylic acids is 2. The number of carbonyl (C=O) groups is 2. The molecule has 0 unspecified atom stereocenters. The number of rotatable bonds is 6. The summed E-state index contributed by atoms with van der Waals surface area (Å²) in [7, 11) is 0. The van der Waals surface area contributed by atoms with Gasteiger partial charge in [-0.1, -0.05) is 6.07 Å². The van der Waals surface area contributed by atoms with Crippen molar-refractivity contribution in [1.29, 1.82) is 0 Å². The van der Waals surface area contributed by atoms with Crippen molar-refractivity contribution in [2.45, 2.75) is 39.8 Å². The van der Waals surface area contributed by atoms with Crippen LogP contribution >= 0.6 is 11.3 Å². The lowest BCUT2D eigenvalue weighted by atomic mass is 9.96. The van der Waals surface area contributed by atoms with E-state index >= 15 is 0 Å².